The van der Waals surface area contributed by atoms with Crippen molar-refractivity contribution in [1.29, 1.82) is 0 Å². The summed E-state index contributed by atoms with van der Waals surface area (Å²) >= 11 is 0. The van der Waals surface area contributed by atoms with Crippen LogP contribution in [0.4, 0.5) is 0 Å². The van der Waals surface area contributed by atoms with E-state index in [2.05, 4.69) is 4.98 Å². The van der Waals surface area contributed by atoms with Gasteiger partial charge in [-0.2, -0.15) is 0 Å². The molecule has 1 N–H and O–H groups in total. The Balaban J connectivity index is 1.92. The van der Waals surface area contributed by atoms with Gasteiger partial charge in [-0.25, -0.2) is 9.78 Å². The lowest BCUT2D eigenvalue weighted by molar-refractivity contribution is 0.129. The smallest absolute Gasteiger partial charge is 0.327 e. The third kappa shape index (κ3) is 2.49. The number of H-pyrrole nitrogens is 1. The van der Waals surface area contributed by atoms with Crippen LogP contribution < -0.4 is 11.2 Å². The van der Waals surface area contributed by atoms with Crippen molar-refractivity contribution in [1.82, 2.24) is 19.1 Å². The van der Waals surface area contributed by atoms with Crippen LogP contribution in [0, 0.1) is 5.92 Å². The van der Waals surface area contributed by atoms with Crippen molar-refractivity contribution in [3.05, 3.63) is 26.7 Å². The Morgan fingerprint density at radius 3 is 2.24 bits per heavy atom. The molecular weight excluding hydrogens is 316 g/mol. The monoisotopic (exact) mass is 344 g/mol. The van der Waals surface area contributed by atoms with Gasteiger partial charge in [0.25, 0.3) is 5.56 Å². The second kappa shape index (κ2) is 6.15. The average molecular weight is 344 g/mol. The van der Waals surface area contributed by atoms with Crippen LogP contribution in [0.15, 0.2) is 9.59 Å². The summed E-state index contributed by atoms with van der Waals surface area (Å²) in [6, 6.07) is 0. The highest BCUT2D eigenvalue weighted by Gasteiger charge is 2.44. The van der Waals surface area contributed by atoms with E-state index in [1.807, 2.05) is 13.8 Å². The van der Waals surface area contributed by atoms with E-state index in [9.17, 15) is 9.59 Å². The van der Waals surface area contributed by atoms with E-state index in [1.165, 1.54) is 23.8 Å². The lowest BCUT2D eigenvalue weighted by Gasteiger charge is -2.45. The molecular formula is C19H28N4O2. The number of fused-ring (bicyclic) bond motifs is 4. The molecule has 0 amide bonds. The zero-order chi connectivity index (χ0) is 17.6. The summed E-state index contributed by atoms with van der Waals surface area (Å²) < 4.78 is 3.08. The molecule has 2 aromatic heterocycles. The minimum Gasteiger partial charge on any atom is -0.327 e. The first kappa shape index (κ1) is 16.6. The number of hydrogen-bond donors (Lipinski definition) is 1. The first-order chi connectivity index (χ1) is 12.1. The summed E-state index contributed by atoms with van der Waals surface area (Å²) in [6.45, 7) is 5.09. The molecule has 0 saturated heterocycles. The Morgan fingerprint density at radius 1 is 1.04 bits per heavy atom. The maximum absolute atomic E-state index is 12.9. The molecule has 0 aromatic carbocycles. The molecule has 3 aliphatic carbocycles. The molecule has 5 rings (SSSR count). The first-order valence-corrected chi connectivity index (χ1v) is 9.83. The molecule has 3 fully saturated rings. The molecule has 0 unspecified atom stereocenters. The number of nitrogens with one attached hydrogen (secondary N) is 1. The number of aryl methyl sites for hydroxylation is 1. The standard InChI is InChI=1S/C19H28N4O2/c1-3-11-22-15-14(16(24)23(12-4-2)18(22)25)20-17(21-15)19-8-5-13(6-9-19)7-10-19/h13H,3-12H2,1-2H3,(H,20,21). The predicted octanol–water partition coefficient (Wildman–Crippen LogP) is 2.93. The fourth-order valence-corrected chi connectivity index (χ4v) is 4.87. The van der Waals surface area contributed by atoms with Crippen LogP contribution in [0.1, 0.15) is 71.0 Å². The lowest BCUT2D eigenvalue weighted by atomic mass is 9.60. The maximum atomic E-state index is 12.9. The highest BCUT2D eigenvalue weighted by atomic mass is 16.2. The summed E-state index contributed by atoms with van der Waals surface area (Å²) in [5, 5.41) is 0. The first-order valence-electron chi connectivity index (χ1n) is 9.83. The van der Waals surface area contributed by atoms with Crippen LogP contribution >= 0.6 is 0 Å². The van der Waals surface area contributed by atoms with Gasteiger partial charge in [-0.1, -0.05) is 13.8 Å². The molecule has 6 nitrogen and oxygen atoms in total. The maximum Gasteiger partial charge on any atom is 0.332 e. The molecule has 3 aliphatic rings. The van der Waals surface area contributed by atoms with Crippen molar-refractivity contribution in [2.75, 3.05) is 0 Å². The third-order valence-corrected chi connectivity index (χ3v) is 6.35. The zero-order valence-corrected chi connectivity index (χ0v) is 15.3. The minimum atomic E-state index is -0.238. The van der Waals surface area contributed by atoms with E-state index in [0.717, 1.165) is 43.8 Å². The van der Waals surface area contributed by atoms with Crippen LogP contribution in [-0.2, 0) is 18.5 Å². The van der Waals surface area contributed by atoms with Crippen LogP contribution in [0.2, 0.25) is 0 Å². The van der Waals surface area contributed by atoms with Crippen LogP contribution in [0.3, 0.4) is 0 Å². The highest BCUT2D eigenvalue weighted by Crippen LogP contribution is 2.50. The molecule has 136 valence electrons. The zero-order valence-electron chi connectivity index (χ0n) is 15.3. The predicted molar refractivity (Wildman–Crippen MR) is 98.1 cm³/mol. The molecule has 2 aromatic rings. The quantitative estimate of drug-likeness (QED) is 0.906. The molecule has 3 saturated carbocycles. The molecule has 0 spiro atoms. The van der Waals surface area contributed by atoms with E-state index < -0.39 is 0 Å². The van der Waals surface area contributed by atoms with Gasteiger partial charge in [0, 0.05) is 18.5 Å². The molecule has 0 aliphatic heterocycles. The summed E-state index contributed by atoms with van der Waals surface area (Å²) in [6.07, 6.45) is 8.85. The van der Waals surface area contributed by atoms with Gasteiger partial charge in [0.15, 0.2) is 5.52 Å². The molecule has 0 radical (unpaired) electrons. The summed E-state index contributed by atoms with van der Waals surface area (Å²) in [4.78, 5) is 33.9. The lowest BCUT2D eigenvalue weighted by Crippen LogP contribution is -2.40. The Labute approximate surface area is 147 Å². The number of aromatic nitrogens is 4. The SMILES string of the molecule is CCCn1c(=O)c2nc(C34CCC(CC3)CC4)[nH]c2n(CCC)c1=O. The normalized spacial score (nSPS) is 25.8. The summed E-state index contributed by atoms with van der Waals surface area (Å²) in [5.41, 5.74) is 0.710. The van der Waals surface area contributed by atoms with E-state index in [0.29, 0.717) is 24.3 Å². The topological polar surface area (TPSA) is 72.7 Å². The molecule has 25 heavy (non-hydrogen) atoms. The second-order valence-corrected chi connectivity index (χ2v) is 7.94. The van der Waals surface area contributed by atoms with Crippen LogP contribution in [0.25, 0.3) is 11.2 Å². The third-order valence-electron chi connectivity index (χ3n) is 6.35. The fourth-order valence-electron chi connectivity index (χ4n) is 4.87. The highest BCUT2D eigenvalue weighted by molar-refractivity contribution is 5.70. The fraction of sp³-hybridized carbons (Fsp3) is 0.737. The number of nitrogens with zero attached hydrogens (tertiary/aromatic N) is 3. The van der Waals surface area contributed by atoms with Gasteiger partial charge in [-0.3, -0.25) is 13.9 Å². The van der Waals surface area contributed by atoms with Crippen molar-refractivity contribution < 1.29 is 0 Å². The Hall–Kier alpha value is -1.85. The Bertz CT molecular complexity index is 883. The summed E-state index contributed by atoms with van der Waals surface area (Å²) in [7, 11) is 0. The van der Waals surface area contributed by atoms with Gasteiger partial charge >= 0.3 is 5.69 Å². The van der Waals surface area contributed by atoms with E-state index in [-0.39, 0.29) is 16.7 Å². The average Bonchev–Trinajstić information content (AvgIpc) is 3.10. The number of imidazole rings is 1. The number of aromatic amines is 1. The van der Waals surface area contributed by atoms with Crippen molar-refractivity contribution >= 4 is 11.2 Å². The van der Waals surface area contributed by atoms with Crippen molar-refractivity contribution in [3.63, 3.8) is 0 Å². The van der Waals surface area contributed by atoms with E-state index in [1.54, 1.807) is 4.57 Å². The summed E-state index contributed by atoms with van der Waals surface area (Å²) in [5.74, 6) is 1.82. The van der Waals surface area contributed by atoms with Crippen molar-refractivity contribution in [3.8, 4) is 0 Å². The molecule has 2 bridgehead atoms. The van der Waals surface area contributed by atoms with Crippen LogP contribution in [-0.4, -0.2) is 19.1 Å². The van der Waals surface area contributed by atoms with Gasteiger partial charge in [-0.05, 0) is 57.3 Å². The van der Waals surface area contributed by atoms with E-state index in [4.69, 9.17) is 4.98 Å². The van der Waals surface area contributed by atoms with Crippen molar-refractivity contribution in [2.24, 2.45) is 5.92 Å². The molecule has 0 atom stereocenters. The van der Waals surface area contributed by atoms with Crippen molar-refractivity contribution in [2.45, 2.75) is 83.7 Å². The van der Waals surface area contributed by atoms with Crippen LogP contribution in [0.5, 0.6) is 0 Å². The minimum absolute atomic E-state index is 0.0862. The van der Waals surface area contributed by atoms with E-state index >= 15 is 0 Å². The van der Waals surface area contributed by atoms with Gasteiger partial charge in [0.05, 0.1) is 0 Å². The Kier molecular flexibility index (Phi) is 4.08. The second-order valence-electron chi connectivity index (χ2n) is 7.94. The molecule has 2 heterocycles. The van der Waals surface area contributed by atoms with Gasteiger partial charge < -0.3 is 4.98 Å². The largest absolute Gasteiger partial charge is 0.332 e. The van der Waals surface area contributed by atoms with Gasteiger partial charge in [0.2, 0.25) is 0 Å². The Morgan fingerprint density at radius 2 is 1.64 bits per heavy atom. The van der Waals surface area contributed by atoms with Gasteiger partial charge in [0.1, 0.15) is 11.5 Å². The van der Waals surface area contributed by atoms with Gasteiger partial charge in [-0.15, -0.1) is 0 Å². The number of rotatable bonds is 5. The molecule has 6 heteroatoms. The number of hydrogen-bond acceptors (Lipinski definition) is 3.